The minimum Gasteiger partial charge on any atom is -0.493 e. The highest BCUT2D eigenvalue weighted by atomic mass is 79.9. The largest absolute Gasteiger partial charge is 0.493 e. The molecule has 0 amide bonds. The third kappa shape index (κ3) is 3.51. The van der Waals surface area contributed by atoms with Gasteiger partial charge in [0.15, 0.2) is 11.5 Å². The number of hydrogen-bond donors (Lipinski definition) is 1. The average Bonchev–Trinajstić information content (AvgIpc) is 2.47. The molecule has 0 aromatic heterocycles. The van der Waals surface area contributed by atoms with Crippen LogP contribution in [0.4, 0.5) is 0 Å². The van der Waals surface area contributed by atoms with Gasteiger partial charge in [0.1, 0.15) is 6.61 Å². The number of hydrogen-bond acceptors (Lipinski definition) is 4. The van der Waals surface area contributed by atoms with Gasteiger partial charge in [-0.3, -0.25) is 0 Å². The van der Waals surface area contributed by atoms with Crippen LogP contribution >= 0.6 is 15.9 Å². The van der Waals surface area contributed by atoms with E-state index in [0.717, 1.165) is 10.0 Å². The van der Waals surface area contributed by atoms with Crippen LogP contribution in [-0.4, -0.2) is 18.5 Å². The molecule has 0 fully saturated rings. The van der Waals surface area contributed by atoms with Crippen molar-refractivity contribution in [2.24, 2.45) is 5.16 Å². The van der Waals surface area contributed by atoms with Crippen LogP contribution in [-0.2, 0) is 6.61 Å². The molecule has 0 aliphatic carbocycles. The summed E-state index contributed by atoms with van der Waals surface area (Å²) >= 11 is 3.43. The lowest BCUT2D eigenvalue weighted by Crippen LogP contribution is -1.99. The van der Waals surface area contributed by atoms with Crippen molar-refractivity contribution >= 4 is 22.1 Å². The van der Waals surface area contributed by atoms with Crippen LogP contribution in [0.25, 0.3) is 0 Å². The van der Waals surface area contributed by atoms with E-state index in [1.165, 1.54) is 6.21 Å². The predicted octanol–water partition coefficient (Wildman–Crippen LogP) is 3.84. The third-order valence-electron chi connectivity index (χ3n) is 2.68. The minimum absolute atomic E-state index is 0.448. The molecule has 0 aliphatic heterocycles. The number of halogens is 1. The molecule has 0 heterocycles. The Balaban J connectivity index is 2.22. The molecular weight excluding hydrogens is 322 g/mol. The van der Waals surface area contributed by atoms with Gasteiger partial charge in [-0.1, -0.05) is 35.5 Å². The van der Waals surface area contributed by atoms with Crippen molar-refractivity contribution < 1.29 is 14.7 Å². The lowest BCUT2D eigenvalue weighted by Gasteiger charge is -2.13. The van der Waals surface area contributed by atoms with Gasteiger partial charge >= 0.3 is 0 Å². The van der Waals surface area contributed by atoms with E-state index in [1.807, 2.05) is 30.3 Å². The molecule has 104 valence electrons. The van der Waals surface area contributed by atoms with E-state index in [2.05, 4.69) is 21.1 Å². The fraction of sp³-hybridized carbons (Fsp3) is 0.133. The van der Waals surface area contributed by atoms with Crippen molar-refractivity contribution in [2.75, 3.05) is 7.11 Å². The van der Waals surface area contributed by atoms with Gasteiger partial charge in [-0.15, -0.1) is 0 Å². The summed E-state index contributed by atoms with van der Waals surface area (Å²) in [6.07, 6.45) is 1.33. The van der Waals surface area contributed by atoms with Gasteiger partial charge in [-0.25, -0.2) is 0 Å². The lowest BCUT2D eigenvalue weighted by molar-refractivity contribution is 0.282. The van der Waals surface area contributed by atoms with Crippen LogP contribution in [0.3, 0.4) is 0 Å². The molecule has 0 spiro atoms. The Morgan fingerprint density at radius 3 is 2.65 bits per heavy atom. The Bertz CT molecular complexity index is 600. The van der Waals surface area contributed by atoms with Crippen LogP contribution in [0.1, 0.15) is 11.1 Å². The normalized spacial score (nSPS) is 10.7. The Labute approximate surface area is 125 Å². The highest BCUT2D eigenvalue weighted by Crippen LogP contribution is 2.36. The Hall–Kier alpha value is -2.01. The maximum atomic E-state index is 8.58. The van der Waals surface area contributed by atoms with Gasteiger partial charge in [0.25, 0.3) is 0 Å². The predicted molar refractivity (Wildman–Crippen MR) is 80.8 cm³/mol. The van der Waals surface area contributed by atoms with Gasteiger partial charge < -0.3 is 14.7 Å². The van der Waals surface area contributed by atoms with Crippen LogP contribution < -0.4 is 9.47 Å². The second-order valence-electron chi connectivity index (χ2n) is 4.05. The van der Waals surface area contributed by atoms with E-state index in [0.29, 0.717) is 23.7 Å². The number of oxime groups is 1. The van der Waals surface area contributed by atoms with Crippen molar-refractivity contribution in [3.05, 3.63) is 58.1 Å². The molecule has 0 atom stereocenters. The molecule has 0 aliphatic rings. The zero-order valence-electron chi connectivity index (χ0n) is 10.9. The van der Waals surface area contributed by atoms with Gasteiger partial charge in [-0.2, -0.15) is 0 Å². The Morgan fingerprint density at radius 2 is 2.00 bits per heavy atom. The molecular formula is C15H14BrNO3. The fourth-order valence-corrected chi connectivity index (χ4v) is 2.32. The SMILES string of the molecule is COc1cc(/C=N/O)cc(Br)c1OCc1ccccc1. The molecule has 5 heteroatoms. The minimum atomic E-state index is 0.448. The molecule has 0 radical (unpaired) electrons. The number of nitrogens with zero attached hydrogens (tertiary/aromatic N) is 1. The molecule has 0 saturated heterocycles. The standard InChI is InChI=1S/C15H14BrNO3/c1-19-14-8-12(9-17-18)7-13(16)15(14)20-10-11-5-3-2-4-6-11/h2-9,18H,10H2,1H3/b17-9+. The van der Waals surface area contributed by atoms with Gasteiger partial charge in [0.2, 0.25) is 0 Å². The second kappa shape index (κ2) is 6.96. The van der Waals surface area contributed by atoms with E-state index in [9.17, 15) is 0 Å². The van der Waals surface area contributed by atoms with Gasteiger partial charge in [0.05, 0.1) is 17.8 Å². The Kier molecular flexibility index (Phi) is 5.01. The van der Waals surface area contributed by atoms with Crippen molar-refractivity contribution in [1.82, 2.24) is 0 Å². The summed E-state index contributed by atoms with van der Waals surface area (Å²) in [5, 5.41) is 11.6. The molecule has 0 unspecified atom stereocenters. The first-order valence-electron chi connectivity index (χ1n) is 5.96. The summed E-state index contributed by atoms with van der Waals surface area (Å²) in [4.78, 5) is 0. The first-order valence-corrected chi connectivity index (χ1v) is 6.75. The quantitative estimate of drug-likeness (QED) is 0.513. The third-order valence-corrected chi connectivity index (χ3v) is 3.27. The zero-order chi connectivity index (χ0) is 14.4. The van der Waals surface area contributed by atoms with E-state index < -0.39 is 0 Å². The van der Waals surface area contributed by atoms with Crippen LogP contribution in [0.15, 0.2) is 52.1 Å². The maximum Gasteiger partial charge on any atom is 0.175 e. The highest BCUT2D eigenvalue weighted by molar-refractivity contribution is 9.10. The van der Waals surface area contributed by atoms with Gasteiger partial charge in [-0.05, 0) is 33.6 Å². The summed E-state index contributed by atoms with van der Waals surface area (Å²) in [6, 6.07) is 13.4. The second-order valence-corrected chi connectivity index (χ2v) is 4.91. The molecule has 20 heavy (non-hydrogen) atoms. The summed E-state index contributed by atoms with van der Waals surface area (Å²) in [5.41, 5.74) is 1.78. The first-order chi connectivity index (χ1) is 9.74. The van der Waals surface area contributed by atoms with Crippen molar-refractivity contribution in [3.8, 4) is 11.5 Å². The van der Waals surface area contributed by atoms with Crippen LogP contribution in [0, 0.1) is 0 Å². The smallest absolute Gasteiger partial charge is 0.175 e. The van der Waals surface area contributed by atoms with Gasteiger partial charge in [0, 0.05) is 5.56 Å². The highest BCUT2D eigenvalue weighted by Gasteiger charge is 2.11. The molecule has 2 aromatic carbocycles. The summed E-state index contributed by atoms with van der Waals surface area (Å²) in [7, 11) is 1.57. The monoisotopic (exact) mass is 335 g/mol. The van der Waals surface area contributed by atoms with E-state index in [4.69, 9.17) is 14.7 Å². The Morgan fingerprint density at radius 1 is 1.25 bits per heavy atom. The van der Waals surface area contributed by atoms with E-state index in [-0.39, 0.29) is 0 Å². The summed E-state index contributed by atoms with van der Waals surface area (Å²) < 4.78 is 11.8. The van der Waals surface area contributed by atoms with Crippen molar-refractivity contribution in [2.45, 2.75) is 6.61 Å². The summed E-state index contributed by atoms with van der Waals surface area (Å²) in [6.45, 7) is 0.448. The molecule has 2 rings (SSSR count). The van der Waals surface area contributed by atoms with Crippen molar-refractivity contribution in [3.63, 3.8) is 0 Å². The molecule has 0 saturated carbocycles. The zero-order valence-corrected chi connectivity index (χ0v) is 12.5. The molecule has 2 aromatic rings. The number of methoxy groups -OCH3 is 1. The topological polar surface area (TPSA) is 51.0 Å². The first kappa shape index (κ1) is 14.4. The number of benzene rings is 2. The van der Waals surface area contributed by atoms with Crippen LogP contribution in [0.2, 0.25) is 0 Å². The fourth-order valence-electron chi connectivity index (χ4n) is 1.75. The average molecular weight is 336 g/mol. The number of rotatable bonds is 5. The maximum absolute atomic E-state index is 8.58. The molecule has 1 N–H and O–H groups in total. The van der Waals surface area contributed by atoms with Crippen molar-refractivity contribution in [1.29, 1.82) is 0 Å². The molecule has 0 bridgehead atoms. The number of ether oxygens (including phenoxy) is 2. The van der Waals surface area contributed by atoms with E-state index in [1.54, 1.807) is 19.2 Å². The molecule has 4 nitrogen and oxygen atoms in total. The van der Waals surface area contributed by atoms with E-state index >= 15 is 0 Å². The van der Waals surface area contributed by atoms with Crippen LogP contribution in [0.5, 0.6) is 11.5 Å². The summed E-state index contributed by atoms with van der Waals surface area (Å²) in [5.74, 6) is 1.19. The lowest BCUT2D eigenvalue weighted by atomic mass is 10.2.